The van der Waals surface area contributed by atoms with Gasteiger partial charge in [-0.15, -0.1) is 0 Å². The highest BCUT2D eigenvalue weighted by Gasteiger charge is 2.15. The molecule has 1 atom stereocenters. The standard InChI is InChI=1S/C18H20F2N2O2/c19-17(20)14-8-4-9-15(12-14)21-18(24)22-16(10-5-11-23)13-6-2-1-3-7-13/h1-4,6-9,12,16-17,23H,5,10-11H2,(H2,21,22,24)/t16-/m0/s1. The third-order valence-electron chi connectivity index (χ3n) is 3.55. The number of alkyl halides is 2. The van der Waals surface area contributed by atoms with Crippen molar-refractivity contribution in [1.29, 1.82) is 0 Å². The zero-order chi connectivity index (χ0) is 17.4. The SMILES string of the molecule is O=C(Nc1cccc(C(F)F)c1)N[C@@H](CCCO)c1ccccc1. The molecule has 4 nitrogen and oxygen atoms in total. The highest BCUT2D eigenvalue weighted by molar-refractivity contribution is 5.89. The second-order valence-corrected chi connectivity index (χ2v) is 5.35. The number of carbonyl (C=O) groups is 1. The van der Waals surface area contributed by atoms with Gasteiger partial charge in [-0.1, -0.05) is 42.5 Å². The number of aliphatic hydroxyl groups is 1. The minimum absolute atomic E-state index is 0.0308. The molecule has 6 heteroatoms. The number of hydrogen-bond acceptors (Lipinski definition) is 2. The van der Waals surface area contributed by atoms with E-state index in [-0.39, 0.29) is 18.2 Å². The number of rotatable bonds is 7. The molecule has 0 aliphatic rings. The average molecular weight is 334 g/mol. The van der Waals surface area contributed by atoms with Crippen LogP contribution in [0.15, 0.2) is 54.6 Å². The van der Waals surface area contributed by atoms with E-state index in [0.717, 1.165) is 5.56 Å². The average Bonchev–Trinajstić information content (AvgIpc) is 2.59. The first-order valence-corrected chi connectivity index (χ1v) is 7.71. The van der Waals surface area contributed by atoms with E-state index in [9.17, 15) is 13.6 Å². The number of amides is 2. The summed E-state index contributed by atoms with van der Waals surface area (Å²) in [5, 5.41) is 14.4. The summed E-state index contributed by atoms with van der Waals surface area (Å²) in [5.41, 5.74) is 1.08. The van der Waals surface area contributed by atoms with Crippen molar-refractivity contribution in [2.24, 2.45) is 0 Å². The lowest BCUT2D eigenvalue weighted by molar-refractivity contribution is 0.151. The molecule has 24 heavy (non-hydrogen) atoms. The Balaban J connectivity index is 2.03. The topological polar surface area (TPSA) is 61.4 Å². The van der Waals surface area contributed by atoms with Crippen molar-refractivity contribution in [1.82, 2.24) is 5.32 Å². The van der Waals surface area contributed by atoms with E-state index in [1.807, 2.05) is 30.3 Å². The Morgan fingerprint density at radius 3 is 2.42 bits per heavy atom. The Hall–Kier alpha value is -2.47. The van der Waals surface area contributed by atoms with Crippen molar-refractivity contribution >= 4 is 11.7 Å². The van der Waals surface area contributed by atoms with E-state index >= 15 is 0 Å². The summed E-state index contributed by atoms with van der Waals surface area (Å²) in [6.07, 6.45) is -1.47. The number of nitrogens with one attached hydrogen (secondary N) is 2. The van der Waals surface area contributed by atoms with Crippen molar-refractivity contribution in [3.63, 3.8) is 0 Å². The lowest BCUT2D eigenvalue weighted by Crippen LogP contribution is -2.32. The highest BCUT2D eigenvalue weighted by Crippen LogP contribution is 2.22. The fourth-order valence-electron chi connectivity index (χ4n) is 2.38. The Labute approximate surface area is 139 Å². The van der Waals surface area contributed by atoms with Crippen LogP contribution in [0.2, 0.25) is 0 Å². The molecule has 0 saturated carbocycles. The molecule has 0 aliphatic heterocycles. The lowest BCUT2D eigenvalue weighted by Gasteiger charge is -2.19. The molecule has 128 valence electrons. The van der Waals surface area contributed by atoms with E-state index < -0.39 is 12.5 Å². The quantitative estimate of drug-likeness (QED) is 0.708. The predicted molar refractivity (Wildman–Crippen MR) is 89.1 cm³/mol. The van der Waals surface area contributed by atoms with E-state index in [1.54, 1.807) is 6.07 Å². The van der Waals surface area contributed by atoms with Gasteiger partial charge < -0.3 is 15.7 Å². The molecule has 0 heterocycles. The van der Waals surface area contributed by atoms with Crippen molar-refractivity contribution in [3.05, 3.63) is 65.7 Å². The summed E-state index contributed by atoms with van der Waals surface area (Å²) in [7, 11) is 0. The number of aliphatic hydroxyl groups excluding tert-OH is 1. The summed E-state index contributed by atoms with van der Waals surface area (Å²) in [4.78, 5) is 12.2. The van der Waals surface area contributed by atoms with E-state index in [1.165, 1.54) is 18.2 Å². The van der Waals surface area contributed by atoms with E-state index in [2.05, 4.69) is 10.6 Å². The van der Waals surface area contributed by atoms with Gasteiger partial charge in [0, 0.05) is 17.9 Å². The van der Waals surface area contributed by atoms with E-state index in [4.69, 9.17) is 5.11 Å². The molecule has 0 spiro atoms. The van der Waals surface area contributed by atoms with Gasteiger partial charge in [-0.2, -0.15) is 0 Å². The lowest BCUT2D eigenvalue weighted by atomic mass is 10.0. The zero-order valence-electron chi connectivity index (χ0n) is 13.1. The van der Waals surface area contributed by atoms with E-state index in [0.29, 0.717) is 18.5 Å². The summed E-state index contributed by atoms with van der Waals surface area (Å²) in [6.45, 7) is 0.0308. The van der Waals surface area contributed by atoms with Crippen LogP contribution in [-0.4, -0.2) is 17.7 Å². The summed E-state index contributed by atoms with van der Waals surface area (Å²) in [5.74, 6) is 0. The summed E-state index contributed by atoms with van der Waals surface area (Å²) < 4.78 is 25.4. The van der Waals surface area contributed by atoms with Gasteiger partial charge in [-0.05, 0) is 30.5 Å². The smallest absolute Gasteiger partial charge is 0.319 e. The second-order valence-electron chi connectivity index (χ2n) is 5.35. The molecule has 0 aromatic heterocycles. The predicted octanol–water partition coefficient (Wildman–Crippen LogP) is 4.26. The number of benzene rings is 2. The third kappa shape index (κ3) is 5.31. The molecule has 0 saturated heterocycles. The van der Waals surface area contributed by atoms with Gasteiger partial charge in [-0.25, -0.2) is 13.6 Å². The van der Waals surface area contributed by atoms with Gasteiger partial charge >= 0.3 is 6.03 Å². The van der Waals surface area contributed by atoms with Gasteiger partial charge in [0.2, 0.25) is 0 Å². The van der Waals surface area contributed by atoms with Crippen LogP contribution < -0.4 is 10.6 Å². The Kier molecular flexibility index (Phi) is 6.69. The molecule has 2 rings (SSSR count). The molecule has 0 bridgehead atoms. The molecule has 0 radical (unpaired) electrons. The largest absolute Gasteiger partial charge is 0.396 e. The molecular formula is C18H20F2N2O2. The molecular weight excluding hydrogens is 314 g/mol. The molecule has 2 aromatic carbocycles. The summed E-state index contributed by atoms with van der Waals surface area (Å²) in [6, 6.07) is 14.2. The van der Waals surface area contributed by atoms with Crippen LogP contribution in [0.5, 0.6) is 0 Å². The number of hydrogen-bond donors (Lipinski definition) is 3. The molecule has 2 aromatic rings. The fraction of sp³-hybridized carbons (Fsp3) is 0.278. The maximum Gasteiger partial charge on any atom is 0.319 e. The van der Waals surface area contributed by atoms with Gasteiger partial charge in [0.15, 0.2) is 0 Å². The Morgan fingerprint density at radius 1 is 1.04 bits per heavy atom. The third-order valence-corrected chi connectivity index (χ3v) is 3.55. The van der Waals surface area contributed by atoms with Gasteiger partial charge in [0.25, 0.3) is 6.43 Å². The van der Waals surface area contributed by atoms with Crippen LogP contribution in [0.25, 0.3) is 0 Å². The van der Waals surface area contributed by atoms with Crippen LogP contribution >= 0.6 is 0 Å². The van der Waals surface area contributed by atoms with Crippen molar-refractivity contribution < 1.29 is 18.7 Å². The van der Waals surface area contributed by atoms with Gasteiger partial charge in [-0.3, -0.25) is 0 Å². The number of urea groups is 1. The number of halogens is 2. The maximum atomic E-state index is 12.7. The monoisotopic (exact) mass is 334 g/mol. The van der Waals surface area contributed by atoms with Crippen molar-refractivity contribution in [2.45, 2.75) is 25.3 Å². The Morgan fingerprint density at radius 2 is 1.75 bits per heavy atom. The molecule has 0 unspecified atom stereocenters. The highest BCUT2D eigenvalue weighted by atomic mass is 19.3. The second kappa shape index (κ2) is 8.98. The number of anilines is 1. The minimum atomic E-state index is -2.59. The number of carbonyl (C=O) groups excluding carboxylic acids is 1. The first-order valence-electron chi connectivity index (χ1n) is 7.71. The first kappa shape index (κ1) is 17.9. The Bertz CT molecular complexity index is 650. The molecule has 2 amide bonds. The molecule has 0 fully saturated rings. The first-order chi connectivity index (χ1) is 11.6. The van der Waals surface area contributed by atoms with Crippen molar-refractivity contribution in [3.8, 4) is 0 Å². The normalized spacial score (nSPS) is 12.0. The van der Waals surface area contributed by atoms with Crippen molar-refractivity contribution in [2.75, 3.05) is 11.9 Å². The van der Waals surface area contributed by atoms with Crippen LogP contribution in [0.3, 0.4) is 0 Å². The van der Waals surface area contributed by atoms with Crippen LogP contribution in [-0.2, 0) is 0 Å². The van der Waals surface area contributed by atoms with Crippen LogP contribution in [0, 0.1) is 0 Å². The maximum absolute atomic E-state index is 12.7. The van der Waals surface area contributed by atoms with Gasteiger partial charge in [0.1, 0.15) is 0 Å². The molecule has 0 aliphatic carbocycles. The van der Waals surface area contributed by atoms with Crippen LogP contribution in [0.1, 0.15) is 36.4 Å². The fourth-order valence-corrected chi connectivity index (χ4v) is 2.38. The molecule has 3 N–H and O–H groups in total. The zero-order valence-corrected chi connectivity index (χ0v) is 13.1. The van der Waals surface area contributed by atoms with Crippen LogP contribution in [0.4, 0.5) is 19.3 Å². The minimum Gasteiger partial charge on any atom is -0.396 e. The summed E-state index contributed by atoms with van der Waals surface area (Å²) >= 11 is 0. The van der Waals surface area contributed by atoms with Gasteiger partial charge in [0.05, 0.1) is 6.04 Å².